The Hall–Kier alpha value is -3.60. The first kappa shape index (κ1) is 19.7. The highest BCUT2D eigenvalue weighted by Crippen LogP contribution is 2.16. The van der Waals surface area contributed by atoms with Crippen LogP contribution in [0.15, 0.2) is 53.1 Å². The van der Waals surface area contributed by atoms with Crippen LogP contribution in [0.3, 0.4) is 0 Å². The number of rotatable bonds is 8. The van der Waals surface area contributed by atoms with Crippen molar-refractivity contribution in [2.45, 2.75) is 12.5 Å². The molecule has 8 heteroatoms. The van der Waals surface area contributed by atoms with Crippen molar-refractivity contribution in [3.63, 3.8) is 0 Å². The van der Waals surface area contributed by atoms with Crippen LogP contribution in [0.25, 0.3) is 0 Å². The van der Waals surface area contributed by atoms with E-state index < -0.39 is 30.4 Å². The molecule has 0 aliphatic rings. The maximum Gasteiger partial charge on any atom is 0.333 e. The van der Waals surface area contributed by atoms with Crippen molar-refractivity contribution >= 4 is 17.8 Å². The minimum Gasteiger partial charge on any atom is -0.459 e. The molecule has 0 radical (unpaired) electrons. The number of amides is 2. The Morgan fingerprint density at radius 2 is 1.96 bits per heavy atom. The van der Waals surface area contributed by atoms with E-state index in [1.807, 2.05) is 6.07 Å². The second-order valence-electron chi connectivity index (χ2n) is 5.63. The molecular weight excluding hydrogens is 350 g/mol. The number of nitrogens with zero attached hydrogens (tertiary/aromatic N) is 2. The number of furan rings is 1. The molecule has 0 saturated carbocycles. The van der Waals surface area contributed by atoms with Gasteiger partial charge in [-0.2, -0.15) is 5.26 Å². The van der Waals surface area contributed by atoms with Crippen molar-refractivity contribution in [3.8, 4) is 6.07 Å². The van der Waals surface area contributed by atoms with Gasteiger partial charge in [0.1, 0.15) is 0 Å². The third-order valence-electron chi connectivity index (χ3n) is 3.71. The highest BCUT2D eigenvalue weighted by molar-refractivity contribution is 5.95. The van der Waals surface area contributed by atoms with Crippen LogP contribution in [0.4, 0.5) is 0 Å². The van der Waals surface area contributed by atoms with Crippen molar-refractivity contribution in [2.75, 3.05) is 20.2 Å². The summed E-state index contributed by atoms with van der Waals surface area (Å²) in [5, 5.41) is 11.1. The van der Waals surface area contributed by atoms with Crippen molar-refractivity contribution in [1.82, 2.24) is 10.2 Å². The summed E-state index contributed by atoms with van der Waals surface area (Å²) in [6.45, 7) is -0.245. The molecule has 1 unspecified atom stereocenters. The van der Waals surface area contributed by atoms with Gasteiger partial charge in [-0.1, -0.05) is 30.3 Å². The molecule has 0 fully saturated rings. The minimum absolute atomic E-state index is 0.0519. The standard InChI is InChI=1S/C19H19N3O5/c1-22(11-6-10-20)16(23)13-27-19(25)17(14-7-3-2-4-8-14)21-18(24)15-9-5-12-26-15/h2-5,7-9,12,17H,6,11,13H2,1H3,(H,21,24). The fraction of sp³-hybridized carbons (Fsp3) is 0.263. The molecule has 1 N–H and O–H groups in total. The Morgan fingerprint density at radius 3 is 2.59 bits per heavy atom. The molecule has 27 heavy (non-hydrogen) atoms. The fourth-order valence-corrected chi connectivity index (χ4v) is 2.20. The van der Waals surface area contributed by atoms with E-state index in [2.05, 4.69) is 5.32 Å². The normalized spacial score (nSPS) is 11.1. The highest BCUT2D eigenvalue weighted by atomic mass is 16.5. The molecule has 1 heterocycles. The number of likely N-dealkylation sites (N-methyl/N-ethyl adjacent to an activating group) is 1. The lowest BCUT2D eigenvalue weighted by molar-refractivity contribution is -0.153. The van der Waals surface area contributed by atoms with Crippen LogP contribution in [0.1, 0.15) is 28.6 Å². The van der Waals surface area contributed by atoms with Crippen molar-refractivity contribution in [3.05, 3.63) is 60.1 Å². The fourth-order valence-electron chi connectivity index (χ4n) is 2.20. The zero-order valence-electron chi connectivity index (χ0n) is 14.8. The predicted molar refractivity (Wildman–Crippen MR) is 94.2 cm³/mol. The van der Waals surface area contributed by atoms with E-state index in [1.165, 1.54) is 24.3 Å². The van der Waals surface area contributed by atoms with Crippen LogP contribution >= 0.6 is 0 Å². The first-order valence-corrected chi connectivity index (χ1v) is 8.19. The number of nitrogens with one attached hydrogen (secondary N) is 1. The summed E-state index contributed by atoms with van der Waals surface area (Å²) in [6, 6.07) is 12.4. The van der Waals surface area contributed by atoms with Crippen LogP contribution in [0.5, 0.6) is 0 Å². The van der Waals surface area contributed by atoms with E-state index in [0.717, 1.165) is 0 Å². The molecule has 2 rings (SSSR count). The van der Waals surface area contributed by atoms with Crippen LogP contribution in [-0.2, 0) is 14.3 Å². The number of carbonyl (C=O) groups excluding carboxylic acids is 3. The summed E-state index contributed by atoms with van der Waals surface area (Å²) in [5.74, 6) is -1.75. The summed E-state index contributed by atoms with van der Waals surface area (Å²) >= 11 is 0. The van der Waals surface area contributed by atoms with Gasteiger partial charge in [0.15, 0.2) is 18.4 Å². The first-order chi connectivity index (χ1) is 13.0. The molecule has 0 bridgehead atoms. The summed E-state index contributed by atoms with van der Waals surface area (Å²) < 4.78 is 10.1. The van der Waals surface area contributed by atoms with Crippen molar-refractivity contribution in [1.29, 1.82) is 5.26 Å². The molecule has 2 amide bonds. The molecule has 0 aliphatic heterocycles. The van der Waals surface area contributed by atoms with E-state index in [4.69, 9.17) is 14.4 Å². The lowest BCUT2D eigenvalue weighted by atomic mass is 10.1. The number of nitriles is 1. The molecule has 0 saturated heterocycles. The zero-order chi connectivity index (χ0) is 19.6. The summed E-state index contributed by atoms with van der Waals surface area (Å²) in [7, 11) is 1.51. The third-order valence-corrected chi connectivity index (χ3v) is 3.71. The molecule has 2 aromatic rings. The van der Waals surface area contributed by atoms with Gasteiger partial charge in [-0.15, -0.1) is 0 Å². The monoisotopic (exact) mass is 369 g/mol. The second-order valence-corrected chi connectivity index (χ2v) is 5.63. The van der Waals surface area contributed by atoms with E-state index in [-0.39, 0.29) is 18.7 Å². The Kier molecular flexibility index (Phi) is 7.14. The summed E-state index contributed by atoms with van der Waals surface area (Å²) in [4.78, 5) is 38.0. The number of benzene rings is 1. The van der Waals surface area contributed by atoms with E-state index in [9.17, 15) is 14.4 Å². The molecular formula is C19H19N3O5. The Balaban J connectivity index is 2.04. The smallest absolute Gasteiger partial charge is 0.333 e. The Bertz CT molecular complexity index is 812. The van der Waals surface area contributed by atoms with E-state index >= 15 is 0 Å². The third kappa shape index (κ3) is 5.71. The number of hydrogen-bond acceptors (Lipinski definition) is 6. The van der Waals surface area contributed by atoms with Gasteiger partial charge >= 0.3 is 5.97 Å². The largest absolute Gasteiger partial charge is 0.459 e. The van der Waals surface area contributed by atoms with Gasteiger partial charge in [-0.05, 0) is 17.7 Å². The molecule has 0 spiro atoms. The van der Waals surface area contributed by atoms with Crippen molar-refractivity contribution in [2.24, 2.45) is 0 Å². The number of carbonyl (C=O) groups is 3. The van der Waals surface area contributed by atoms with Gasteiger partial charge in [-0.3, -0.25) is 9.59 Å². The second kappa shape index (κ2) is 9.77. The van der Waals surface area contributed by atoms with Crippen LogP contribution in [-0.4, -0.2) is 42.9 Å². The first-order valence-electron chi connectivity index (χ1n) is 8.19. The lowest BCUT2D eigenvalue weighted by Gasteiger charge is -2.19. The maximum absolute atomic E-state index is 12.5. The number of ether oxygens (including phenoxy) is 1. The Morgan fingerprint density at radius 1 is 1.22 bits per heavy atom. The zero-order valence-corrected chi connectivity index (χ0v) is 14.8. The topological polar surface area (TPSA) is 113 Å². The van der Waals surface area contributed by atoms with Crippen LogP contribution in [0.2, 0.25) is 0 Å². The maximum atomic E-state index is 12.5. The number of esters is 1. The predicted octanol–water partition coefficient (Wildman–Crippen LogP) is 1.67. The molecule has 1 aromatic carbocycles. The van der Waals surface area contributed by atoms with E-state index in [0.29, 0.717) is 5.56 Å². The number of hydrogen-bond donors (Lipinski definition) is 1. The summed E-state index contributed by atoms with van der Waals surface area (Å²) in [5.41, 5.74) is 0.507. The van der Waals surface area contributed by atoms with Gasteiger partial charge in [0.05, 0.1) is 18.8 Å². The average Bonchev–Trinajstić information content (AvgIpc) is 3.23. The average molecular weight is 369 g/mol. The van der Waals surface area contributed by atoms with Gasteiger partial charge in [-0.25, -0.2) is 4.79 Å². The van der Waals surface area contributed by atoms with Gasteiger partial charge in [0.2, 0.25) is 0 Å². The lowest BCUT2D eigenvalue weighted by Crippen LogP contribution is -2.37. The molecule has 0 aliphatic carbocycles. The highest BCUT2D eigenvalue weighted by Gasteiger charge is 2.26. The minimum atomic E-state index is -1.10. The van der Waals surface area contributed by atoms with Gasteiger partial charge < -0.3 is 19.4 Å². The quantitative estimate of drug-likeness (QED) is 0.708. The summed E-state index contributed by atoms with van der Waals surface area (Å²) in [6.07, 6.45) is 1.53. The Labute approximate surface area is 156 Å². The molecule has 1 aromatic heterocycles. The SMILES string of the molecule is CN(CCC#N)C(=O)COC(=O)C(NC(=O)c1ccco1)c1ccccc1. The van der Waals surface area contributed by atoms with Crippen molar-refractivity contribution < 1.29 is 23.5 Å². The molecule has 140 valence electrons. The molecule has 8 nitrogen and oxygen atoms in total. The van der Waals surface area contributed by atoms with Crippen LogP contribution in [0, 0.1) is 11.3 Å². The molecule has 1 atom stereocenters. The van der Waals surface area contributed by atoms with Gasteiger partial charge in [0.25, 0.3) is 11.8 Å². The van der Waals surface area contributed by atoms with Gasteiger partial charge in [0, 0.05) is 13.6 Å². The van der Waals surface area contributed by atoms with E-state index in [1.54, 1.807) is 36.4 Å². The van der Waals surface area contributed by atoms with Crippen LogP contribution < -0.4 is 5.32 Å².